The summed E-state index contributed by atoms with van der Waals surface area (Å²) in [6, 6.07) is 4.73. The first-order valence-corrected chi connectivity index (χ1v) is 7.02. The number of carbonyl (C=O) groups excluding carboxylic acids is 1. The first kappa shape index (κ1) is 15.7. The number of anilines is 1. The van der Waals surface area contributed by atoms with Gasteiger partial charge in [-0.15, -0.1) is 5.10 Å². The van der Waals surface area contributed by atoms with Crippen molar-refractivity contribution in [1.29, 1.82) is 0 Å². The van der Waals surface area contributed by atoms with E-state index in [0.29, 0.717) is 36.0 Å². The van der Waals surface area contributed by atoms with Crippen LogP contribution in [0.1, 0.15) is 16.2 Å². The van der Waals surface area contributed by atoms with Gasteiger partial charge in [-0.1, -0.05) is 5.10 Å². The fourth-order valence-corrected chi connectivity index (χ4v) is 1.96. The summed E-state index contributed by atoms with van der Waals surface area (Å²) in [6.45, 7) is 0.846. The van der Waals surface area contributed by atoms with Crippen LogP contribution in [0.25, 0.3) is 5.76 Å². The second kappa shape index (κ2) is 6.90. The van der Waals surface area contributed by atoms with E-state index in [-0.39, 0.29) is 11.9 Å². The largest absolute Gasteiger partial charge is 0.497 e. The van der Waals surface area contributed by atoms with Crippen molar-refractivity contribution in [2.24, 2.45) is 0 Å². The molecule has 2 aromatic rings. The molecule has 2 heterocycles. The molecule has 0 saturated carbocycles. The number of hydrogen-bond donors (Lipinski definition) is 1. The van der Waals surface area contributed by atoms with Crippen molar-refractivity contribution >= 4 is 17.7 Å². The van der Waals surface area contributed by atoms with Crippen LogP contribution in [0, 0.1) is 0 Å². The number of rotatable bonds is 5. The Kier molecular flexibility index (Phi) is 4.50. The molecule has 1 amide bonds. The molecule has 0 atom stereocenters. The summed E-state index contributed by atoms with van der Waals surface area (Å²) in [6.07, 6.45) is 1.38. The second-order valence-electron chi connectivity index (χ2n) is 4.67. The lowest BCUT2D eigenvalue weighted by molar-refractivity contribution is 0.102. The third-order valence-corrected chi connectivity index (χ3v) is 3.12. The zero-order valence-electron chi connectivity index (χ0n) is 13.1. The fraction of sp³-hybridized carbons (Fsp3) is 0.267. The summed E-state index contributed by atoms with van der Waals surface area (Å²) in [5.41, 5.74) is 0.322. The topological polar surface area (TPSA) is 105 Å². The number of hydrogen-bond acceptors (Lipinski definition) is 8. The number of methoxy groups -OCH3 is 2. The average Bonchev–Trinajstić information content (AvgIpc) is 3.10. The monoisotopic (exact) mass is 333 g/mol. The van der Waals surface area contributed by atoms with Crippen LogP contribution in [0.15, 0.2) is 28.9 Å². The molecule has 0 saturated heterocycles. The molecule has 1 aliphatic heterocycles. The van der Waals surface area contributed by atoms with Crippen molar-refractivity contribution < 1.29 is 28.2 Å². The summed E-state index contributed by atoms with van der Waals surface area (Å²) in [5.74, 6) is 0.968. The molecule has 0 bridgehead atoms. The van der Waals surface area contributed by atoms with E-state index in [1.165, 1.54) is 20.5 Å². The van der Waals surface area contributed by atoms with E-state index in [1.54, 1.807) is 18.2 Å². The van der Waals surface area contributed by atoms with Gasteiger partial charge in [0.05, 0.1) is 14.2 Å². The third kappa shape index (κ3) is 3.40. The average molecular weight is 333 g/mol. The van der Waals surface area contributed by atoms with E-state index in [4.69, 9.17) is 23.4 Å². The van der Waals surface area contributed by atoms with Crippen LogP contribution < -0.4 is 14.8 Å². The minimum atomic E-state index is -0.447. The lowest BCUT2D eigenvalue weighted by Gasteiger charge is -2.11. The van der Waals surface area contributed by atoms with Crippen molar-refractivity contribution in [1.82, 2.24) is 10.2 Å². The summed E-state index contributed by atoms with van der Waals surface area (Å²) in [4.78, 5) is 12.3. The minimum Gasteiger partial charge on any atom is -0.497 e. The number of ether oxygens (including phenoxy) is 4. The van der Waals surface area contributed by atoms with Gasteiger partial charge in [-0.25, -0.2) is 0 Å². The summed E-state index contributed by atoms with van der Waals surface area (Å²) in [5, 5.41) is 10.1. The van der Waals surface area contributed by atoms with Crippen LogP contribution in [0.5, 0.6) is 11.5 Å². The molecule has 0 unspecified atom stereocenters. The fourth-order valence-electron chi connectivity index (χ4n) is 1.96. The first-order chi connectivity index (χ1) is 11.7. The third-order valence-electron chi connectivity index (χ3n) is 3.12. The zero-order valence-corrected chi connectivity index (χ0v) is 13.1. The van der Waals surface area contributed by atoms with Gasteiger partial charge >= 0.3 is 6.01 Å². The van der Waals surface area contributed by atoms with Crippen LogP contribution >= 0.6 is 0 Å². The zero-order chi connectivity index (χ0) is 16.9. The Morgan fingerprint density at radius 2 is 1.88 bits per heavy atom. The lowest BCUT2D eigenvalue weighted by Crippen LogP contribution is -2.12. The molecule has 1 aromatic heterocycles. The number of carbonyl (C=O) groups is 1. The van der Waals surface area contributed by atoms with Gasteiger partial charge in [-0.05, 0) is 12.1 Å². The smallest absolute Gasteiger partial charge is 0.322 e. The second-order valence-corrected chi connectivity index (χ2v) is 4.67. The Bertz CT molecular complexity index is 748. The number of amides is 1. The van der Waals surface area contributed by atoms with E-state index in [0.717, 1.165) is 0 Å². The van der Waals surface area contributed by atoms with Crippen LogP contribution in [0.2, 0.25) is 0 Å². The van der Waals surface area contributed by atoms with E-state index < -0.39 is 5.91 Å². The number of nitrogens with zero attached hydrogens (tertiary/aromatic N) is 2. The molecule has 9 heteroatoms. The Morgan fingerprint density at radius 1 is 1.12 bits per heavy atom. The van der Waals surface area contributed by atoms with Crippen molar-refractivity contribution in [3.63, 3.8) is 0 Å². The standard InChI is InChI=1S/C15H15N3O6/c1-20-10-5-9(6-11(7-10)21-2)13(19)16-15-18-17-14(24-15)12-8-22-3-4-23-12/h5-8H,3-4H2,1-2H3,(H,16,18,19). The molecule has 3 rings (SSSR count). The highest BCUT2D eigenvalue weighted by Crippen LogP contribution is 2.24. The summed E-state index contributed by atoms with van der Waals surface area (Å²) in [7, 11) is 3.00. The molecule has 0 spiro atoms. The van der Waals surface area contributed by atoms with Gasteiger partial charge < -0.3 is 23.4 Å². The molecule has 9 nitrogen and oxygen atoms in total. The van der Waals surface area contributed by atoms with Gasteiger partial charge in [0, 0.05) is 11.6 Å². The molecule has 1 aliphatic rings. The van der Waals surface area contributed by atoms with Gasteiger partial charge in [0.25, 0.3) is 11.8 Å². The van der Waals surface area contributed by atoms with Crippen molar-refractivity contribution in [2.45, 2.75) is 0 Å². The molecule has 1 aromatic carbocycles. The van der Waals surface area contributed by atoms with E-state index in [9.17, 15) is 4.79 Å². The number of nitrogens with one attached hydrogen (secondary N) is 1. The van der Waals surface area contributed by atoms with E-state index >= 15 is 0 Å². The number of benzene rings is 1. The molecule has 126 valence electrons. The lowest BCUT2D eigenvalue weighted by atomic mass is 10.2. The van der Waals surface area contributed by atoms with E-state index in [1.807, 2.05) is 0 Å². The quantitative estimate of drug-likeness (QED) is 0.881. The molecular formula is C15H15N3O6. The SMILES string of the molecule is COc1cc(OC)cc(C(=O)Nc2nnc(C3=COCCO3)o2)c1. The Morgan fingerprint density at radius 3 is 2.50 bits per heavy atom. The number of aromatic nitrogens is 2. The maximum absolute atomic E-state index is 12.3. The van der Waals surface area contributed by atoms with Crippen LogP contribution in [-0.2, 0) is 9.47 Å². The van der Waals surface area contributed by atoms with Crippen molar-refractivity contribution in [2.75, 3.05) is 32.8 Å². The Labute approximate surface area is 137 Å². The maximum atomic E-state index is 12.3. The highest BCUT2D eigenvalue weighted by molar-refractivity contribution is 6.03. The molecule has 0 aliphatic carbocycles. The van der Waals surface area contributed by atoms with E-state index in [2.05, 4.69) is 15.5 Å². The van der Waals surface area contributed by atoms with Gasteiger partial charge in [-0.3, -0.25) is 10.1 Å². The van der Waals surface area contributed by atoms with Crippen LogP contribution in [-0.4, -0.2) is 43.5 Å². The highest BCUT2D eigenvalue weighted by Gasteiger charge is 2.18. The predicted octanol–water partition coefficient (Wildman–Crippen LogP) is 1.68. The van der Waals surface area contributed by atoms with Crippen LogP contribution in [0.3, 0.4) is 0 Å². The van der Waals surface area contributed by atoms with Gasteiger partial charge in [0.15, 0.2) is 0 Å². The van der Waals surface area contributed by atoms with Crippen molar-refractivity contribution in [3.05, 3.63) is 35.9 Å². The molecule has 0 fully saturated rings. The Balaban J connectivity index is 1.75. The van der Waals surface area contributed by atoms with Gasteiger partial charge in [-0.2, -0.15) is 0 Å². The first-order valence-electron chi connectivity index (χ1n) is 7.02. The predicted molar refractivity (Wildman–Crippen MR) is 81.7 cm³/mol. The normalized spacial score (nSPS) is 13.3. The molecule has 0 radical (unpaired) electrons. The molecule has 24 heavy (non-hydrogen) atoms. The van der Waals surface area contributed by atoms with Crippen LogP contribution in [0.4, 0.5) is 6.01 Å². The van der Waals surface area contributed by atoms with Gasteiger partial charge in [0.2, 0.25) is 5.76 Å². The highest BCUT2D eigenvalue weighted by atomic mass is 16.6. The molecule has 1 N–H and O–H groups in total. The van der Waals surface area contributed by atoms with Gasteiger partial charge in [0.1, 0.15) is 31.0 Å². The Hall–Kier alpha value is -3.23. The van der Waals surface area contributed by atoms with Crippen molar-refractivity contribution in [3.8, 4) is 11.5 Å². The molecular weight excluding hydrogens is 318 g/mol. The summed E-state index contributed by atoms with van der Waals surface area (Å²) < 4.78 is 26.0. The summed E-state index contributed by atoms with van der Waals surface area (Å²) >= 11 is 0. The maximum Gasteiger partial charge on any atom is 0.322 e. The minimum absolute atomic E-state index is 0.0631.